The zero-order chi connectivity index (χ0) is 16.4. The van der Waals surface area contributed by atoms with Crippen LogP contribution < -0.4 is 0 Å². The predicted octanol–water partition coefficient (Wildman–Crippen LogP) is 3.23. The Morgan fingerprint density at radius 2 is 2.04 bits per heavy atom. The number of thioether (sulfide) groups is 1. The summed E-state index contributed by atoms with van der Waals surface area (Å²) in [6, 6.07) is 7.91. The van der Waals surface area contributed by atoms with E-state index < -0.39 is 0 Å². The quantitative estimate of drug-likeness (QED) is 0.774. The third-order valence-electron chi connectivity index (χ3n) is 3.69. The number of amides is 1. The number of aromatic nitrogens is 2. The molecule has 120 valence electrons. The van der Waals surface area contributed by atoms with Gasteiger partial charge in [0.2, 0.25) is 17.7 Å². The first kappa shape index (κ1) is 16.1. The van der Waals surface area contributed by atoms with Gasteiger partial charge in [-0.05, 0) is 25.5 Å². The summed E-state index contributed by atoms with van der Waals surface area (Å²) in [5.74, 6) is 1.10. The molecule has 2 heterocycles. The summed E-state index contributed by atoms with van der Waals surface area (Å²) in [6.07, 6.45) is 1.29. The van der Waals surface area contributed by atoms with E-state index in [1.807, 2.05) is 38.1 Å². The van der Waals surface area contributed by atoms with Gasteiger partial charge in [0.1, 0.15) is 4.32 Å². The van der Waals surface area contributed by atoms with Crippen LogP contribution in [0, 0.1) is 6.92 Å². The molecule has 0 spiro atoms. The fourth-order valence-corrected chi connectivity index (χ4v) is 3.81. The van der Waals surface area contributed by atoms with E-state index in [-0.39, 0.29) is 11.2 Å². The molecule has 0 N–H and O–H groups in total. The predicted molar refractivity (Wildman–Crippen MR) is 94.2 cm³/mol. The highest BCUT2D eigenvalue weighted by molar-refractivity contribution is 8.24. The van der Waals surface area contributed by atoms with E-state index in [0.717, 1.165) is 12.0 Å². The average molecular weight is 347 g/mol. The number of thiocarbonyl (C=S) groups is 1. The van der Waals surface area contributed by atoms with Crippen LogP contribution in [0.2, 0.25) is 0 Å². The number of carbonyl (C=O) groups excluding carboxylic acids is 1. The van der Waals surface area contributed by atoms with Gasteiger partial charge in [0.05, 0.1) is 5.25 Å². The SMILES string of the molecule is CCC1SC(=S)N(CCc2nnc(-c3ccc(C)cc3)o2)C1=O. The Hall–Kier alpha value is -1.73. The third kappa shape index (κ3) is 3.45. The number of nitrogens with zero attached hydrogens (tertiary/aromatic N) is 3. The normalized spacial score (nSPS) is 18.0. The van der Waals surface area contributed by atoms with E-state index in [4.69, 9.17) is 16.6 Å². The summed E-state index contributed by atoms with van der Waals surface area (Å²) in [4.78, 5) is 13.8. The van der Waals surface area contributed by atoms with Crippen molar-refractivity contribution in [3.05, 3.63) is 35.7 Å². The van der Waals surface area contributed by atoms with Crippen molar-refractivity contribution < 1.29 is 9.21 Å². The molecule has 0 radical (unpaired) electrons. The van der Waals surface area contributed by atoms with Gasteiger partial charge >= 0.3 is 0 Å². The van der Waals surface area contributed by atoms with Gasteiger partial charge in [0.25, 0.3) is 0 Å². The molecule has 1 aliphatic heterocycles. The smallest absolute Gasteiger partial charge is 0.247 e. The number of rotatable bonds is 5. The lowest BCUT2D eigenvalue weighted by Gasteiger charge is -2.13. The zero-order valence-corrected chi connectivity index (χ0v) is 14.6. The van der Waals surface area contributed by atoms with E-state index in [1.165, 1.54) is 17.3 Å². The molecular formula is C16H17N3O2S2. The first-order valence-corrected chi connectivity index (χ1v) is 8.78. The highest BCUT2D eigenvalue weighted by Crippen LogP contribution is 2.29. The maximum Gasteiger partial charge on any atom is 0.247 e. The molecule has 2 aromatic rings. The molecule has 0 bridgehead atoms. The Bertz CT molecular complexity index is 727. The zero-order valence-electron chi connectivity index (χ0n) is 13.0. The van der Waals surface area contributed by atoms with E-state index in [0.29, 0.717) is 29.1 Å². The Labute approximate surface area is 144 Å². The fourth-order valence-electron chi connectivity index (χ4n) is 2.33. The lowest BCUT2D eigenvalue weighted by atomic mass is 10.1. The molecule has 1 amide bonds. The average Bonchev–Trinajstić information content (AvgIpc) is 3.11. The van der Waals surface area contributed by atoms with E-state index in [1.54, 1.807) is 4.90 Å². The van der Waals surface area contributed by atoms with Gasteiger partial charge in [0.15, 0.2) is 0 Å². The molecule has 3 rings (SSSR count). The standard InChI is InChI=1S/C16H17N3O2S2/c1-3-12-15(20)19(16(22)23-12)9-8-13-17-18-14(21-13)11-6-4-10(2)5-7-11/h4-7,12H,3,8-9H2,1-2H3. The number of benzene rings is 1. The first-order chi connectivity index (χ1) is 11.1. The molecule has 5 nitrogen and oxygen atoms in total. The van der Waals surface area contributed by atoms with Gasteiger partial charge in [-0.25, -0.2) is 0 Å². The molecule has 0 saturated carbocycles. The first-order valence-electron chi connectivity index (χ1n) is 7.50. The van der Waals surface area contributed by atoms with Crippen molar-refractivity contribution in [2.75, 3.05) is 6.54 Å². The van der Waals surface area contributed by atoms with Gasteiger partial charge in [-0.3, -0.25) is 9.69 Å². The highest BCUT2D eigenvalue weighted by atomic mass is 32.2. The van der Waals surface area contributed by atoms with Gasteiger partial charge < -0.3 is 4.42 Å². The van der Waals surface area contributed by atoms with Crippen molar-refractivity contribution in [3.63, 3.8) is 0 Å². The van der Waals surface area contributed by atoms with Crippen LogP contribution in [0.3, 0.4) is 0 Å². The number of hydrogen-bond acceptors (Lipinski definition) is 6. The minimum Gasteiger partial charge on any atom is -0.421 e. The molecule has 7 heteroatoms. The molecule has 1 saturated heterocycles. The van der Waals surface area contributed by atoms with Crippen LogP contribution in [0.1, 0.15) is 24.8 Å². The Morgan fingerprint density at radius 3 is 2.70 bits per heavy atom. The van der Waals surface area contributed by atoms with Crippen molar-refractivity contribution in [1.29, 1.82) is 0 Å². The molecular weight excluding hydrogens is 330 g/mol. The second kappa shape index (κ2) is 6.80. The maximum absolute atomic E-state index is 12.2. The van der Waals surface area contributed by atoms with Gasteiger partial charge in [0, 0.05) is 18.5 Å². The van der Waals surface area contributed by atoms with Crippen LogP contribution in [0.5, 0.6) is 0 Å². The van der Waals surface area contributed by atoms with Crippen LogP contribution in [0.4, 0.5) is 0 Å². The summed E-state index contributed by atoms with van der Waals surface area (Å²) in [5.41, 5.74) is 2.07. The molecule has 1 aliphatic rings. The maximum atomic E-state index is 12.2. The van der Waals surface area contributed by atoms with E-state index in [9.17, 15) is 4.79 Å². The third-order valence-corrected chi connectivity index (χ3v) is 5.44. The summed E-state index contributed by atoms with van der Waals surface area (Å²) in [6.45, 7) is 4.50. The fraction of sp³-hybridized carbons (Fsp3) is 0.375. The Balaban J connectivity index is 1.65. The van der Waals surface area contributed by atoms with Gasteiger partial charge in [-0.1, -0.05) is 48.6 Å². The van der Waals surface area contributed by atoms with Crippen LogP contribution >= 0.6 is 24.0 Å². The second-order valence-corrected chi connectivity index (χ2v) is 7.22. The monoisotopic (exact) mass is 347 g/mol. The van der Waals surface area contributed by atoms with E-state index >= 15 is 0 Å². The van der Waals surface area contributed by atoms with Crippen molar-refractivity contribution in [1.82, 2.24) is 15.1 Å². The number of hydrogen-bond donors (Lipinski definition) is 0. The van der Waals surface area contributed by atoms with Gasteiger partial charge in [-0.2, -0.15) is 0 Å². The summed E-state index contributed by atoms with van der Waals surface area (Å²) in [7, 11) is 0. The molecule has 0 aliphatic carbocycles. The molecule has 1 unspecified atom stereocenters. The van der Waals surface area contributed by atoms with Crippen molar-refractivity contribution in [2.24, 2.45) is 0 Å². The van der Waals surface area contributed by atoms with Crippen molar-refractivity contribution in [2.45, 2.75) is 31.9 Å². The number of carbonyl (C=O) groups is 1. The summed E-state index contributed by atoms with van der Waals surface area (Å²) in [5, 5.41) is 8.08. The molecule has 23 heavy (non-hydrogen) atoms. The molecule has 1 fully saturated rings. The molecule has 1 aromatic carbocycles. The lowest BCUT2D eigenvalue weighted by molar-refractivity contribution is -0.126. The topological polar surface area (TPSA) is 59.2 Å². The van der Waals surface area contributed by atoms with Crippen LogP contribution in [0.15, 0.2) is 28.7 Å². The van der Waals surface area contributed by atoms with Gasteiger partial charge in [-0.15, -0.1) is 10.2 Å². The number of aryl methyl sites for hydroxylation is 1. The molecule has 1 atom stereocenters. The largest absolute Gasteiger partial charge is 0.421 e. The molecule has 1 aromatic heterocycles. The van der Waals surface area contributed by atoms with Crippen molar-refractivity contribution >= 4 is 34.2 Å². The minimum absolute atomic E-state index is 0.0479. The minimum atomic E-state index is -0.0479. The second-order valence-electron chi connectivity index (χ2n) is 5.39. The van der Waals surface area contributed by atoms with Crippen LogP contribution in [-0.2, 0) is 11.2 Å². The lowest BCUT2D eigenvalue weighted by Crippen LogP contribution is -2.33. The summed E-state index contributed by atoms with van der Waals surface area (Å²) >= 11 is 6.73. The van der Waals surface area contributed by atoms with Crippen molar-refractivity contribution in [3.8, 4) is 11.5 Å². The highest BCUT2D eigenvalue weighted by Gasteiger charge is 2.35. The van der Waals surface area contributed by atoms with Crippen LogP contribution in [-0.4, -0.2) is 37.1 Å². The van der Waals surface area contributed by atoms with Crippen LogP contribution in [0.25, 0.3) is 11.5 Å². The van der Waals surface area contributed by atoms with E-state index in [2.05, 4.69) is 10.2 Å². The summed E-state index contributed by atoms with van der Waals surface area (Å²) < 4.78 is 6.32. The Morgan fingerprint density at radius 1 is 1.30 bits per heavy atom. The Kier molecular flexibility index (Phi) is 4.77.